The maximum atomic E-state index is 12.7. The van der Waals surface area contributed by atoms with Crippen LogP contribution in [0.4, 0.5) is 5.69 Å². The number of hydrogen-bond acceptors (Lipinski definition) is 2. The van der Waals surface area contributed by atoms with E-state index in [4.69, 9.17) is 23.2 Å². The number of halogens is 2. The van der Waals surface area contributed by atoms with E-state index in [1.807, 2.05) is 24.3 Å². The first-order valence-electron chi connectivity index (χ1n) is 8.23. The molecular weight excluding hydrogens is 357 g/mol. The molecule has 1 aromatic carbocycles. The van der Waals surface area contributed by atoms with Crippen LogP contribution in [0, 0.1) is 6.92 Å². The van der Waals surface area contributed by atoms with Crippen molar-refractivity contribution in [3.05, 3.63) is 63.5 Å². The van der Waals surface area contributed by atoms with Crippen molar-refractivity contribution in [3.63, 3.8) is 0 Å². The predicted molar refractivity (Wildman–Crippen MR) is 103 cm³/mol. The van der Waals surface area contributed by atoms with Gasteiger partial charge in [0.15, 0.2) is 5.65 Å². The Morgan fingerprint density at radius 1 is 1.24 bits per heavy atom. The molecule has 0 unspecified atom stereocenters. The number of hydrogen-bond donors (Lipinski definition) is 1. The summed E-state index contributed by atoms with van der Waals surface area (Å²) < 4.78 is 1.63. The molecule has 0 saturated heterocycles. The molecule has 4 nitrogen and oxygen atoms in total. The standard InChI is InChI=1S/C19H19Cl2N3O/c1-3-4-5-13-6-8-15(9-7-13)23-19(25)17-12(2)22-18-16(21)10-14(20)11-24(17)18/h6-11H,3-5H2,1-2H3,(H,23,25). The number of aryl methyl sites for hydroxylation is 2. The molecule has 0 saturated carbocycles. The van der Waals surface area contributed by atoms with Gasteiger partial charge in [0.2, 0.25) is 0 Å². The molecule has 3 aromatic rings. The van der Waals surface area contributed by atoms with Crippen LogP contribution < -0.4 is 5.32 Å². The predicted octanol–water partition coefficient (Wildman–Crippen LogP) is 5.54. The number of anilines is 1. The minimum absolute atomic E-state index is 0.246. The summed E-state index contributed by atoms with van der Waals surface area (Å²) in [4.78, 5) is 17.1. The van der Waals surface area contributed by atoms with E-state index in [0.29, 0.717) is 27.1 Å². The van der Waals surface area contributed by atoms with Gasteiger partial charge >= 0.3 is 0 Å². The Hall–Kier alpha value is -2.04. The molecule has 0 radical (unpaired) electrons. The topological polar surface area (TPSA) is 46.4 Å². The number of nitrogens with zero attached hydrogens (tertiary/aromatic N) is 2. The molecule has 3 rings (SSSR count). The highest BCUT2D eigenvalue weighted by molar-refractivity contribution is 6.36. The van der Waals surface area contributed by atoms with Crippen molar-refractivity contribution < 1.29 is 4.79 Å². The molecule has 1 amide bonds. The van der Waals surface area contributed by atoms with Crippen LogP contribution in [-0.4, -0.2) is 15.3 Å². The lowest BCUT2D eigenvalue weighted by Crippen LogP contribution is -2.15. The number of benzene rings is 1. The average Bonchev–Trinajstić information content (AvgIpc) is 2.90. The van der Waals surface area contributed by atoms with Gasteiger partial charge < -0.3 is 5.32 Å². The second-order valence-electron chi connectivity index (χ2n) is 6.00. The summed E-state index contributed by atoms with van der Waals surface area (Å²) in [6.45, 7) is 3.95. The highest BCUT2D eigenvalue weighted by atomic mass is 35.5. The zero-order valence-electron chi connectivity index (χ0n) is 14.1. The molecule has 130 valence electrons. The van der Waals surface area contributed by atoms with Crippen LogP contribution >= 0.6 is 23.2 Å². The number of aromatic nitrogens is 2. The molecule has 0 aliphatic rings. The van der Waals surface area contributed by atoms with E-state index in [-0.39, 0.29) is 5.91 Å². The first-order chi connectivity index (χ1) is 12.0. The van der Waals surface area contributed by atoms with E-state index in [1.54, 1.807) is 23.6 Å². The largest absolute Gasteiger partial charge is 0.321 e. The van der Waals surface area contributed by atoms with E-state index in [1.165, 1.54) is 5.56 Å². The van der Waals surface area contributed by atoms with Gasteiger partial charge in [-0.05, 0) is 43.5 Å². The number of carbonyl (C=O) groups excluding carboxylic acids is 1. The lowest BCUT2D eigenvalue weighted by Gasteiger charge is -2.08. The quantitative estimate of drug-likeness (QED) is 0.635. The fraction of sp³-hybridized carbons (Fsp3) is 0.263. The molecular formula is C19H19Cl2N3O. The van der Waals surface area contributed by atoms with E-state index < -0.39 is 0 Å². The van der Waals surface area contributed by atoms with Gasteiger partial charge in [0, 0.05) is 11.9 Å². The van der Waals surface area contributed by atoms with Crippen LogP contribution in [0.15, 0.2) is 36.5 Å². The summed E-state index contributed by atoms with van der Waals surface area (Å²) >= 11 is 12.2. The van der Waals surface area contributed by atoms with E-state index >= 15 is 0 Å². The molecule has 0 spiro atoms. The Kier molecular flexibility index (Phi) is 5.30. The molecule has 6 heteroatoms. The minimum atomic E-state index is -0.246. The SMILES string of the molecule is CCCCc1ccc(NC(=O)c2c(C)nc3c(Cl)cc(Cl)cn23)cc1. The number of rotatable bonds is 5. The van der Waals surface area contributed by atoms with Crippen LogP contribution in [0.2, 0.25) is 10.0 Å². The van der Waals surface area contributed by atoms with Crippen molar-refractivity contribution >= 4 is 40.4 Å². The lowest BCUT2D eigenvalue weighted by molar-refractivity contribution is 0.102. The van der Waals surface area contributed by atoms with Gasteiger partial charge in [-0.15, -0.1) is 0 Å². The van der Waals surface area contributed by atoms with Crippen LogP contribution in [0.25, 0.3) is 5.65 Å². The number of nitrogens with one attached hydrogen (secondary N) is 1. The summed E-state index contributed by atoms with van der Waals surface area (Å²) in [5.74, 6) is -0.246. The Morgan fingerprint density at radius 2 is 1.96 bits per heavy atom. The van der Waals surface area contributed by atoms with Crippen molar-refractivity contribution in [1.29, 1.82) is 0 Å². The van der Waals surface area contributed by atoms with Gasteiger partial charge in [-0.3, -0.25) is 9.20 Å². The summed E-state index contributed by atoms with van der Waals surface area (Å²) in [7, 11) is 0. The molecule has 2 heterocycles. The Morgan fingerprint density at radius 3 is 2.64 bits per heavy atom. The maximum absolute atomic E-state index is 12.7. The van der Waals surface area contributed by atoms with Crippen molar-refractivity contribution in [3.8, 4) is 0 Å². The number of unbranched alkanes of at least 4 members (excludes halogenated alkanes) is 1. The second kappa shape index (κ2) is 7.46. The van der Waals surface area contributed by atoms with Crippen molar-refractivity contribution in [2.24, 2.45) is 0 Å². The van der Waals surface area contributed by atoms with Crippen LogP contribution in [0.3, 0.4) is 0 Å². The average molecular weight is 376 g/mol. The van der Waals surface area contributed by atoms with Crippen molar-refractivity contribution in [1.82, 2.24) is 9.38 Å². The van der Waals surface area contributed by atoms with E-state index in [9.17, 15) is 4.79 Å². The second-order valence-corrected chi connectivity index (χ2v) is 6.84. The zero-order chi connectivity index (χ0) is 18.0. The number of imidazole rings is 1. The third-order valence-electron chi connectivity index (χ3n) is 4.06. The van der Waals surface area contributed by atoms with Gasteiger partial charge in [-0.25, -0.2) is 4.98 Å². The number of carbonyl (C=O) groups is 1. The molecule has 25 heavy (non-hydrogen) atoms. The fourth-order valence-electron chi connectivity index (χ4n) is 2.79. The monoisotopic (exact) mass is 375 g/mol. The van der Waals surface area contributed by atoms with E-state index in [2.05, 4.69) is 17.2 Å². The molecule has 0 aliphatic heterocycles. The smallest absolute Gasteiger partial charge is 0.274 e. The van der Waals surface area contributed by atoms with Crippen molar-refractivity contribution in [2.45, 2.75) is 33.1 Å². The minimum Gasteiger partial charge on any atom is -0.321 e. The number of fused-ring (bicyclic) bond motifs is 1. The van der Waals surface area contributed by atoms with Crippen LogP contribution in [-0.2, 0) is 6.42 Å². The van der Waals surface area contributed by atoms with Gasteiger partial charge in [-0.2, -0.15) is 0 Å². The summed E-state index contributed by atoms with van der Waals surface area (Å²) in [5, 5.41) is 3.77. The molecule has 2 aromatic heterocycles. The summed E-state index contributed by atoms with van der Waals surface area (Å²) in [6, 6.07) is 9.53. The first kappa shape index (κ1) is 17.8. The van der Waals surface area contributed by atoms with Crippen LogP contribution in [0.5, 0.6) is 0 Å². The lowest BCUT2D eigenvalue weighted by atomic mass is 10.1. The number of pyridine rings is 1. The third-order valence-corrected chi connectivity index (χ3v) is 4.55. The molecule has 0 bridgehead atoms. The zero-order valence-corrected chi connectivity index (χ0v) is 15.7. The molecule has 0 atom stereocenters. The summed E-state index contributed by atoms with van der Waals surface area (Å²) in [6.07, 6.45) is 5.02. The van der Waals surface area contributed by atoms with Crippen LogP contribution in [0.1, 0.15) is 41.5 Å². The van der Waals surface area contributed by atoms with E-state index in [0.717, 1.165) is 24.9 Å². The molecule has 0 aliphatic carbocycles. The van der Waals surface area contributed by atoms with Gasteiger partial charge in [0.1, 0.15) is 5.69 Å². The van der Waals surface area contributed by atoms with Crippen molar-refractivity contribution in [2.75, 3.05) is 5.32 Å². The summed E-state index contributed by atoms with van der Waals surface area (Å²) in [5.41, 5.74) is 3.55. The maximum Gasteiger partial charge on any atom is 0.274 e. The Balaban J connectivity index is 1.86. The Labute approximate surface area is 156 Å². The molecule has 1 N–H and O–H groups in total. The van der Waals surface area contributed by atoms with Gasteiger partial charge in [0.05, 0.1) is 15.7 Å². The molecule has 0 fully saturated rings. The first-order valence-corrected chi connectivity index (χ1v) is 8.99. The highest BCUT2D eigenvalue weighted by Crippen LogP contribution is 2.25. The highest BCUT2D eigenvalue weighted by Gasteiger charge is 2.18. The number of amides is 1. The fourth-order valence-corrected chi connectivity index (χ4v) is 3.30. The van der Waals surface area contributed by atoms with Gasteiger partial charge in [-0.1, -0.05) is 48.7 Å². The van der Waals surface area contributed by atoms with Gasteiger partial charge in [0.25, 0.3) is 5.91 Å². The normalized spacial score (nSPS) is 11.0. The third kappa shape index (κ3) is 3.80. The Bertz CT molecular complexity index is 917.